The van der Waals surface area contributed by atoms with Crippen LogP contribution in [0.2, 0.25) is 0 Å². The van der Waals surface area contributed by atoms with E-state index in [-0.39, 0.29) is 63.1 Å². The fourth-order valence-corrected chi connectivity index (χ4v) is 5.76. The summed E-state index contributed by atoms with van der Waals surface area (Å²) in [6.07, 6.45) is 9.16. The van der Waals surface area contributed by atoms with E-state index in [2.05, 4.69) is 20.6 Å². The molecule has 2 aliphatic rings. The summed E-state index contributed by atoms with van der Waals surface area (Å²) in [7, 11) is 0. The Bertz CT molecular complexity index is 1540. The van der Waals surface area contributed by atoms with E-state index in [1.807, 2.05) is 41.6 Å². The maximum Gasteiger partial charge on any atom is 1.00 e. The molecule has 3 aromatic heterocycles. The van der Waals surface area contributed by atoms with Gasteiger partial charge in [-0.2, -0.15) is 8.78 Å². The molecule has 1 aliphatic carbocycles. The molecule has 196 valence electrons. The summed E-state index contributed by atoms with van der Waals surface area (Å²) in [5.74, 6) is 0.261. The van der Waals surface area contributed by atoms with Crippen molar-refractivity contribution in [1.82, 2.24) is 14.5 Å². The Hall–Kier alpha value is -2.44. The standard InChI is InChI=1S/C28H27F2N5O3.K/c1-17-9-24-34(13-18(2)35(24)14-19-5-3-4-6-23(19)38-26(29)30)15-22(17)20-11-31-27(32-12-20)33-8-7-21-10-28(21,16-33)25(36)37;/h3-6,9,11-13,15,21,26H,7-8,10,14,16H2,1-2H3;/q;+1/p+1. The number of piperidine rings is 1. The van der Waals surface area contributed by atoms with Crippen LogP contribution in [0, 0.1) is 25.2 Å². The minimum atomic E-state index is -2.88. The van der Waals surface area contributed by atoms with Gasteiger partial charge in [0.2, 0.25) is 5.95 Å². The van der Waals surface area contributed by atoms with Crippen molar-refractivity contribution in [3.63, 3.8) is 0 Å². The first-order valence-electron chi connectivity index (χ1n) is 12.6. The molecular weight excluding hydrogens is 531 g/mol. The molecular formula is C28H28F2KN5O3+2. The van der Waals surface area contributed by atoms with Crippen molar-refractivity contribution in [2.45, 2.75) is 39.8 Å². The van der Waals surface area contributed by atoms with E-state index in [0.29, 0.717) is 24.6 Å². The number of anilines is 1. The third-order valence-electron chi connectivity index (χ3n) is 7.96. The van der Waals surface area contributed by atoms with Crippen molar-refractivity contribution in [1.29, 1.82) is 0 Å². The minimum absolute atomic E-state index is 0. The van der Waals surface area contributed by atoms with Crippen LogP contribution in [-0.4, -0.2) is 45.3 Å². The van der Waals surface area contributed by atoms with Gasteiger partial charge in [-0.15, -0.1) is 0 Å². The number of pyridine rings is 1. The number of ether oxygens (including phenoxy) is 1. The number of rotatable bonds is 7. The predicted octanol–water partition coefficient (Wildman–Crippen LogP) is 1.26. The monoisotopic (exact) mass is 559 g/mol. The van der Waals surface area contributed by atoms with Crippen molar-refractivity contribution in [3.05, 3.63) is 71.9 Å². The molecule has 1 saturated carbocycles. The van der Waals surface area contributed by atoms with Gasteiger partial charge in [-0.1, -0.05) is 18.2 Å². The molecule has 0 radical (unpaired) electrons. The van der Waals surface area contributed by atoms with Crippen LogP contribution in [0.4, 0.5) is 14.7 Å². The number of carboxylic acid groups (broad SMARTS) is 1. The maximum atomic E-state index is 12.9. The molecule has 0 spiro atoms. The van der Waals surface area contributed by atoms with Crippen molar-refractivity contribution in [2.75, 3.05) is 18.0 Å². The number of halogens is 2. The van der Waals surface area contributed by atoms with Gasteiger partial charge in [-0.25, -0.2) is 18.9 Å². The van der Waals surface area contributed by atoms with Gasteiger partial charge in [0.25, 0.3) is 5.65 Å². The Labute approximate surface area is 267 Å². The number of aromatic nitrogens is 4. The zero-order chi connectivity index (χ0) is 26.6. The third kappa shape index (κ3) is 5.22. The molecule has 39 heavy (non-hydrogen) atoms. The molecule has 2 fully saturated rings. The van der Waals surface area contributed by atoms with Crippen LogP contribution in [-0.2, 0) is 11.3 Å². The first-order chi connectivity index (χ1) is 18.2. The largest absolute Gasteiger partial charge is 1.00 e. The maximum absolute atomic E-state index is 12.9. The summed E-state index contributed by atoms with van der Waals surface area (Å²) < 4.78 is 34.6. The molecule has 4 heterocycles. The van der Waals surface area contributed by atoms with Gasteiger partial charge in [-0.05, 0) is 37.3 Å². The number of fused-ring (bicyclic) bond motifs is 2. The van der Waals surface area contributed by atoms with E-state index in [9.17, 15) is 18.7 Å². The van der Waals surface area contributed by atoms with Gasteiger partial charge in [0.15, 0.2) is 0 Å². The van der Waals surface area contributed by atoms with Crippen LogP contribution in [0.5, 0.6) is 5.75 Å². The summed E-state index contributed by atoms with van der Waals surface area (Å²) in [5, 5.41) is 9.66. The van der Waals surface area contributed by atoms with Crippen LogP contribution in [0.25, 0.3) is 16.8 Å². The van der Waals surface area contributed by atoms with E-state index in [1.165, 1.54) is 0 Å². The fourth-order valence-electron chi connectivity index (χ4n) is 5.76. The minimum Gasteiger partial charge on any atom is -0.481 e. The molecule has 2 atom stereocenters. The number of nitrogens with zero attached hydrogens (tertiary/aromatic N) is 5. The number of carboxylic acids is 1. The van der Waals surface area contributed by atoms with Crippen molar-refractivity contribution >= 4 is 17.6 Å². The number of aryl methyl sites for hydroxylation is 2. The Balaban J connectivity index is 0.00000308. The Morgan fingerprint density at radius 1 is 1.23 bits per heavy atom. The van der Waals surface area contributed by atoms with E-state index >= 15 is 0 Å². The molecule has 8 nitrogen and oxygen atoms in total. The molecule has 0 bridgehead atoms. The second-order valence-electron chi connectivity index (χ2n) is 10.3. The first kappa shape index (κ1) is 28.1. The average molecular weight is 560 g/mol. The Kier molecular flexibility index (Phi) is 7.82. The number of aliphatic carboxylic acids is 1. The SMILES string of the molecule is Cc1cc2n(Cc3ccccc3OC(F)F)c(C)c[n+]2cc1-c1cnc(N2CCC3CC3(C(=O)O)C2)nc1.[K+]. The second kappa shape index (κ2) is 10.9. The number of carbonyl (C=O) groups is 1. The van der Waals surface area contributed by atoms with Crippen molar-refractivity contribution in [3.8, 4) is 16.9 Å². The number of hydrogen-bond acceptors (Lipinski definition) is 5. The number of imidazole rings is 1. The van der Waals surface area contributed by atoms with E-state index in [1.54, 1.807) is 30.6 Å². The normalized spacial score (nSPS) is 20.0. The number of para-hydroxylation sites is 1. The van der Waals surface area contributed by atoms with Crippen LogP contribution in [0.3, 0.4) is 0 Å². The van der Waals surface area contributed by atoms with Gasteiger partial charge < -0.3 is 14.7 Å². The van der Waals surface area contributed by atoms with Crippen LogP contribution in [0.1, 0.15) is 29.7 Å². The van der Waals surface area contributed by atoms with Gasteiger partial charge >= 0.3 is 64.0 Å². The predicted molar refractivity (Wildman–Crippen MR) is 135 cm³/mol. The second-order valence-corrected chi connectivity index (χ2v) is 10.3. The summed E-state index contributed by atoms with van der Waals surface area (Å²) in [4.78, 5) is 22.9. The van der Waals surface area contributed by atoms with Crippen LogP contribution < -0.4 is 65.4 Å². The Morgan fingerprint density at radius 2 is 1.97 bits per heavy atom. The zero-order valence-electron chi connectivity index (χ0n) is 22.1. The van der Waals surface area contributed by atoms with Gasteiger partial charge in [0.1, 0.15) is 30.4 Å². The number of alkyl halides is 2. The molecule has 1 aromatic carbocycles. The average Bonchev–Trinajstić information content (AvgIpc) is 3.57. The smallest absolute Gasteiger partial charge is 0.481 e. The molecule has 4 aromatic rings. The van der Waals surface area contributed by atoms with Crippen LogP contribution in [0.15, 0.2) is 55.1 Å². The van der Waals surface area contributed by atoms with Crippen LogP contribution >= 0.6 is 0 Å². The van der Waals surface area contributed by atoms with Crippen molar-refractivity contribution < 1.29 is 79.2 Å². The summed E-state index contributed by atoms with van der Waals surface area (Å²) in [5.41, 5.74) is 4.75. The molecule has 1 aliphatic heterocycles. The van der Waals surface area contributed by atoms with Gasteiger partial charge in [0, 0.05) is 55.2 Å². The summed E-state index contributed by atoms with van der Waals surface area (Å²) in [6.45, 7) is 2.70. The van der Waals surface area contributed by atoms with E-state index in [0.717, 1.165) is 47.4 Å². The fraction of sp³-hybridized carbons (Fsp3) is 0.357. The summed E-state index contributed by atoms with van der Waals surface area (Å²) >= 11 is 0. The molecule has 0 amide bonds. The topological polar surface area (TPSA) is 84.6 Å². The van der Waals surface area contributed by atoms with E-state index in [4.69, 9.17) is 4.74 Å². The molecule has 11 heteroatoms. The molecule has 1 N–H and O–H groups in total. The van der Waals surface area contributed by atoms with Crippen molar-refractivity contribution in [2.24, 2.45) is 11.3 Å². The molecule has 2 unspecified atom stereocenters. The van der Waals surface area contributed by atoms with Gasteiger partial charge in [0.05, 0.1) is 5.41 Å². The Morgan fingerprint density at radius 3 is 2.69 bits per heavy atom. The van der Waals surface area contributed by atoms with E-state index < -0.39 is 18.0 Å². The first-order valence-corrected chi connectivity index (χ1v) is 12.6. The molecule has 1 saturated heterocycles. The zero-order valence-corrected chi connectivity index (χ0v) is 25.3. The third-order valence-corrected chi connectivity index (χ3v) is 7.96. The number of benzene rings is 1. The number of hydrogen-bond donors (Lipinski definition) is 1. The molecule has 6 rings (SSSR count). The van der Waals surface area contributed by atoms with Gasteiger partial charge in [-0.3, -0.25) is 4.79 Å². The quantitative estimate of drug-likeness (QED) is 0.271. The summed E-state index contributed by atoms with van der Waals surface area (Å²) in [6, 6.07) is 8.89.